The van der Waals surface area contributed by atoms with E-state index < -0.39 is 0 Å². The van der Waals surface area contributed by atoms with Crippen molar-refractivity contribution in [1.82, 2.24) is 14.9 Å². The van der Waals surface area contributed by atoms with Crippen LogP contribution in [0.1, 0.15) is 54.1 Å². The average molecular weight is 379 g/mol. The summed E-state index contributed by atoms with van der Waals surface area (Å²) in [6.07, 6.45) is 5.63. The molecule has 0 atom stereocenters. The van der Waals surface area contributed by atoms with Crippen molar-refractivity contribution >= 4 is 16.9 Å². The molecule has 2 N–H and O–H groups in total. The van der Waals surface area contributed by atoms with Crippen molar-refractivity contribution in [2.45, 2.75) is 44.7 Å². The lowest BCUT2D eigenvalue weighted by Gasteiger charge is -2.22. The van der Waals surface area contributed by atoms with Crippen molar-refractivity contribution in [3.63, 3.8) is 0 Å². The molecule has 1 fully saturated rings. The number of para-hydroxylation sites is 1. The number of amides is 1. The van der Waals surface area contributed by atoms with E-state index in [1.165, 1.54) is 6.42 Å². The van der Waals surface area contributed by atoms with Crippen molar-refractivity contribution in [1.29, 1.82) is 0 Å². The van der Waals surface area contributed by atoms with E-state index in [2.05, 4.69) is 10.3 Å². The molecule has 0 aliphatic heterocycles. The van der Waals surface area contributed by atoms with Crippen LogP contribution in [0, 0.1) is 0 Å². The zero-order valence-electron chi connectivity index (χ0n) is 16.0. The van der Waals surface area contributed by atoms with E-state index in [-0.39, 0.29) is 17.6 Å². The number of fused-ring (bicyclic) bond motifs is 1. The maximum Gasteiger partial charge on any atom is 0.326 e. The molecule has 2 aromatic carbocycles. The smallest absolute Gasteiger partial charge is 0.326 e. The number of H-pyrrole nitrogens is 1. The van der Waals surface area contributed by atoms with Crippen LogP contribution >= 0.6 is 0 Å². The molecule has 0 spiro atoms. The number of aromatic nitrogens is 2. The van der Waals surface area contributed by atoms with Crippen LogP contribution in [0.3, 0.4) is 0 Å². The summed E-state index contributed by atoms with van der Waals surface area (Å²) < 4.78 is 7.19. The molecule has 1 amide bonds. The van der Waals surface area contributed by atoms with E-state index in [9.17, 15) is 9.59 Å². The normalized spacial score (nSPS) is 14.9. The summed E-state index contributed by atoms with van der Waals surface area (Å²) in [4.78, 5) is 28.0. The molecule has 4 rings (SSSR count). The van der Waals surface area contributed by atoms with Gasteiger partial charge in [-0.25, -0.2) is 4.79 Å². The third-order valence-electron chi connectivity index (χ3n) is 5.55. The highest BCUT2D eigenvalue weighted by Gasteiger charge is 2.20. The van der Waals surface area contributed by atoms with Gasteiger partial charge in [0.15, 0.2) is 0 Å². The van der Waals surface area contributed by atoms with Crippen LogP contribution in [0.2, 0.25) is 0 Å². The second-order valence-electron chi connectivity index (χ2n) is 7.32. The summed E-state index contributed by atoms with van der Waals surface area (Å²) in [6.45, 7) is 0.375. The summed E-state index contributed by atoms with van der Waals surface area (Å²) in [5.41, 5.74) is 2.93. The predicted octanol–water partition coefficient (Wildman–Crippen LogP) is 3.77. The van der Waals surface area contributed by atoms with Gasteiger partial charge in [0.2, 0.25) is 0 Å². The fraction of sp³-hybridized carbons (Fsp3) is 0.364. The number of nitrogens with one attached hydrogen (secondary N) is 2. The van der Waals surface area contributed by atoms with Crippen molar-refractivity contribution in [3.05, 3.63) is 64.1 Å². The third-order valence-corrected chi connectivity index (χ3v) is 5.55. The van der Waals surface area contributed by atoms with Crippen LogP contribution in [0.15, 0.2) is 47.3 Å². The number of aromatic amines is 1. The molecule has 0 unspecified atom stereocenters. The number of benzene rings is 2. The monoisotopic (exact) mass is 379 g/mol. The summed E-state index contributed by atoms with van der Waals surface area (Å²) >= 11 is 0. The number of carbonyl (C=O) groups is 1. The van der Waals surface area contributed by atoms with Crippen molar-refractivity contribution < 1.29 is 9.53 Å². The number of nitrogens with zero attached hydrogens (tertiary/aromatic N) is 1. The Morgan fingerprint density at radius 1 is 1.18 bits per heavy atom. The number of carbonyl (C=O) groups excluding carboxylic acids is 1. The van der Waals surface area contributed by atoms with E-state index in [1.807, 2.05) is 34.9 Å². The van der Waals surface area contributed by atoms with Crippen LogP contribution < -0.4 is 15.7 Å². The Balaban J connectivity index is 1.54. The largest absolute Gasteiger partial charge is 0.496 e. The molecule has 3 aromatic rings. The molecule has 1 aliphatic rings. The molecule has 6 nitrogen and oxygen atoms in total. The van der Waals surface area contributed by atoms with Gasteiger partial charge in [-0.15, -0.1) is 0 Å². The fourth-order valence-corrected chi connectivity index (χ4v) is 4.10. The van der Waals surface area contributed by atoms with Gasteiger partial charge in [-0.1, -0.05) is 37.5 Å². The highest BCUT2D eigenvalue weighted by atomic mass is 16.5. The van der Waals surface area contributed by atoms with E-state index >= 15 is 0 Å². The molecule has 28 heavy (non-hydrogen) atoms. The number of hydrogen-bond acceptors (Lipinski definition) is 3. The zero-order chi connectivity index (χ0) is 19.5. The first-order chi connectivity index (χ1) is 13.7. The van der Waals surface area contributed by atoms with E-state index in [0.717, 1.165) is 42.5 Å². The SMILES string of the molecule is COc1ccccc1CNC(=O)c1ccc2c(c1)[nH]c(=O)n2C1CCCCC1. The van der Waals surface area contributed by atoms with Crippen LogP contribution in [0.4, 0.5) is 0 Å². The van der Waals surface area contributed by atoms with Crippen LogP contribution in [0.25, 0.3) is 11.0 Å². The first-order valence-corrected chi connectivity index (χ1v) is 9.82. The lowest BCUT2D eigenvalue weighted by molar-refractivity contribution is 0.0951. The van der Waals surface area contributed by atoms with Gasteiger partial charge in [0, 0.05) is 23.7 Å². The van der Waals surface area contributed by atoms with Crippen LogP contribution in [0.5, 0.6) is 5.75 Å². The van der Waals surface area contributed by atoms with Gasteiger partial charge in [0.1, 0.15) is 5.75 Å². The zero-order valence-corrected chi connectivity index (χ0v) is 16.0. The minimum Gasteiger partial charge on any atom is -0.496 e. The van der Waals surface area contributed by atoms with Crippen molar-refractivity contribution in [2.75, 3.05) is 7.11 Å². The Bertz CT molecular complexity index is 1040. The van der Waals surface area contributed by atoms with E-state index in [1.54, 1.807) is 19.2 Å². The van der Waals surface area contributed by atoms with Gasteiger partial charge in [-0.3, -0.25) is 9.36 Å². The quantitative estimate of drug-likeness (QED) is 0.708. The molecule has 6 heteroatoms. The molecule has 146 valence electrons. The molecule has 0 radical (unpaired) electrons. The Morgan fingerprint density at radius 3 is 2.75 bits per heavy atom. The molecule has 1 aromatic heterocycles. The fourth-order valence-electron chi connectivity index (χ4n) is 4.10. The number of methoxy groups -OCH3 is 1. The Hall–Kier alpha value is -3.02. The second kappa shape index (κ2) is 7.92. The molecule has 1 aliphatic carbocycles. The lowest BCUT2D eigenvalue weighted by atomic mass is 9.95. The Labute approximate surface area is 163 Å². The summed E-state index contributed by atoms with van der Waals surface area (Å²) in [5, 5.41) is 2.92. The molecular weight excluding hydrogens is 354 g/mol. The second-order valence-corrected chi connectivity index (χ2v) is 7.32. The topological polar surface area (TPSA) is 76.1 Å². The molecule has 1 saturated carbocycles. The lowest BCUT2D eigenvalue weighted by Crippen LogP contribution is -2.24. The standard InChI is InChI=1S/C22H25N3O3/c1-28-20-10-6-5-7-16(20)14-23-21(26)15-11-12-19-18(13-15)24-22(27)25(19)17-8-3-2-4-9-17/h5-7,10-13,17H,2-4,8-9,14H2,1H3,(H,23,26)(H,24,27). The van der Waals surface area contributed by atoms with Crippen molar-refractivity contribution in [3.8, 4) is 5.75 Å². The van der Waals surface area contributed by atoms with Crippen LogP contribution in [-0.2, 0) is 6.54 Å². The van der Waals surface area contributed by atoms with Gasteiger partial charge in [-0.05, 0) is 37.1 Å². The molecule has 0 bridgehead atoms. The number of imidazole rings is 1. The van der Waals surface area contributed by atoms with Crippen molar-refractivity contribution in [2.24, 2.45) is 0 Å². The minimum atomic E-state index is -0.181. The summed E-state index contributed by atoms with van der Waals surface area (Å²) in [6, 6.07) is 13.3. The summed E-state index contributed by atoms with van der Waals surface area (Å²) in [5.74, 6) is 0.561. The van der Waals surface area contributed by atoms with Crippen LogP contribution in [-0.4, -0.2) is 22.6 Å². The first-order valence-electron chi connectivity index (χ1n) is 9.82. The van der Waals surface area contributed by atoms with E-state index in [0.29, 0.717) is 17.6 Å². The van der Waals surface area contributed by atoms with Gasteiger partial charge in [0.25, 0.3) is 5.91 Å². The van der Waals surface area contributed by atoms with Gasteiger partial charge in [-0.2, -0.15) is 0 Å². The number of hydrogen-bond donors (Lipinski definition) is 2. The number of ether oxygens (including phenoxy) is 1. The highest BCUT2D eigenvalue weighted by molar-refractivity contribution is 5.97. The molecular formula is C22H25N3O3. The van der Waals surface area contributed by atoms with E-state index in [4.69, 9.17) is 4.74 Å². The predicted molar refractivity (Wildman–Crippen MR) is 109 cm³/mol. The first kappa shape index (κ1) is 18.3. The highest BCUT2D eigenvalue weighted by Crippen LogP contribution is 2.29. The molecule has 0 saturated heterocycles. The summed E-state index contributed by atoms with van der Waals surface area (Å²) in [7, 11) is 1.61. The minimum absolute atomic E-state index is 0.0894. The average Bonchev–Trinajstić information content (AvgIpc) is 3.07. The Kier molecular flexibility index (Phi) is 5.19. The molecule has 1 heterocycles. The Morgan fingerprint density at radius 2 is 1.96 bits per heavy atom. The van der Waals surface area contributed by atoms with Gasteiger partial charge >= 0.3 is 5.69 Å². The van der Waals surface area contributed by atoms with Gasteiger partial charge in [0.05, 0.1) is 18.1 Å². The maximum absolute atomic E-state index is 12.6. The number of rotatable bonds is 5. The van der Waals surface area contributed by atoms with Gasteiger partial charge < -0.3 is 15.0 Å². The maximum atomic E-state index is 12.6. The third kappa shape index (κ3) is 3.54.